The molecule has 0 bridgehead atoms. The monoisotopic (exact) mass is 376 g/mol. The summed E-state index contributed by atoms with van der Waals surface area (Å²) in [4.78, 5) is 17.2. The Labute approximate surface area is 166 Å². The Kier molecular flexibility index (Phi) is 4.37. The number of aromatic nitrogens is 1. The molecule has 0 amide bonds. The van der Waals surface area contributed by atoms with Crippen LogP contribution in [0.3, 0.4) is 0 Å². The molecule has 0 unspecified atom stereocenters. The molecule has 2 aliphatic carbocycles. The van der Waals surface area contributed by atoms with Crippen LogP contribution in [0.4, 0.5) is 5.69 Å². The van der Waals surface area contributed by atoms with Crippen molar-refractivity contribution in [3.8, 4) is 0 Å². The average Bonchev–Trinajstić information content (AvgIpc) is 2.98. The van der Waals surface area contributed by atoms with Crippen LogP contribution in [0.5, 0.6) is 0 Å². The molecule has 6 atom stereocenters. The van der Waals surface area contributed by atoms with Crippen molar-refractivity contribution in [1.82, 2.24) is 4.98 Å². The van der Waals surface area contributed by atoms with Crippen LogP contribution in [0.2, 0.25) is 0 Å². The van der Waals surface area contributed by atoms with E-state index in [1.54, 1.807) is 0 Å². The molecule has 4 nitrogen and oxygen atoms in total. The third-order valence-electron chi connectivity index (χ3n) is 7.30. The Hall–Kier alpha value is -2.36. The minimum absolute atomic E-state index is 0.0163. The van der Waals surface area contributed by atoms with E-state index in [1.807, 2.05) is 18.2 Å². The van der Waals surface area contributed by atoms with E-state index < -0.39 is 0 Å². The average molecular weight is 377 g/mol. The third kappa shape index (κ3) is 2.99. The van der Waals surface area contributed by atoms with E-state index in [0.717, 1.165) is 28.7 Å². The highest BCUT2D eigenvalue weighted by atomic mass is 16.6. The van der Waals surface area contributed by atoms with Gasteiger partial charge in [0.25, 0.3) is 0 Å². The van der Waals surface area contributed by atoms with Gasteiger partial charge in [0.05, 0.1) is 17.1 Å². The zero-order valence-electron chi connectivity index (χ0n) is 16.4. The smallest absolute Gasteiger partial charge is 0.309 e. The molecule has 2 heterocycles. The molecule has 2 N–H and O–H groups in total. The van der Waals surface area contributed by atoms with Crippen LogP contribution in [0, 0.1) is 29.6 Å². The van der Waals surface area contributed by atoms with Gasteiger partial charge in [-0.3, -0.25) is 4.79 Å². The van der Waals surface area contributed by atoms with Crippen molar-refractivity contribution in [2.45, 2.75) is 45.1 Å². The number of ether oxygens (including phenoxy) is 1. The molecule has 146 valence electrons. The number of allylic oxidation sites excluding steroid dienone is 1. The van der Waals surface area contributed by atoms with Crippen LogP contribution in [0.15, 0.2) is 36.4 Å². The largest absolute Gasteiger partial charge is 0.462 e. The summed E-state index contributed by atoms with van der Waals surface area (Å²) in [5, 5.41) is 1.06. The van der Waals surface area contributed by atoms with E-state index in [-0.39, 0.29) is 18.0 Å². The molecule has 1 aliphatic heterocycles. The maximum atomic E-state index is 12.4. The molecule has 0 radical (unpaired) electrons. The maximum Gasteiger partial charge on any atom is 0.309 e. The van der Waals surface area contributed by atoms with Gasteiger partial charge in [-0.25, -0.2) is 4.98 Å². The number of anilines is 1. The van der Waals surface area contributed by atoms with Crippen molar-refractivity contribution < 1.29 is 9.53 Å². The number of nitrogens with zero attached hydrogens (tertiary/aromatic N) is 1. The molecule has 1 saturated heterocycles. The SMILES string of the molecule is C[C@H]1OC(=O)[C@@H]2C[C@@H]3CCCC[C@H]3[C@H](/C=C/c3ccc4cc(N)ccc4n3)[C@H]12. The van der Waals surface area contributed by atoms with Crippen molar-refractivity contribution in [3.63, 3.8) is 0 Å². The fraction of sp³-hybridized carbons (Fsp3) is 0.500. The Morgan fingerprint density at radius 2 is 2.04 bits per heavy atom. The highest BCUT2D eigenvalue weighted by Crippen LogP contribution is 2.53. The second-order valence-corrected chi connectivity index (χ2v) is 8.89. The standard InChI is InChI=1S/C24H28N2O2/c1-14-23-20(19-5-3-2-4-15(19)13-21(23)24(27)28-14)10-9-18-8-6-16-12-17(25)7-11-22(16)26-18/h6-12,14-15,19-21,23H,2-5,13,25H2,1H3/b10-9+/t14-,15+,19-,20+,21-,23+/m1/s1. The Morgan fingerprint density at radius 1 is 1.18 bits per heavy atom. The molecule has 2 saturated carbocycles. The normalized spacial score (nSPS) is 35.0. The van der Waals surface area contributed by atoms with Gasteiger partial charge in [-0.05, 0) is 67.9 Å². The minimum atomic E-state index is 0.0163. The number of cyclic esters (lactones) is 1. The molecule has 3 fully saturated rings. The number of esters is 1. The molecule has 0 spiro atoms. The van der Waals surface area contributed by atoms with Gasteiger partial charge in [0, 0.05) is 17.0 Å². The van der Waals surface area contributed by atoms with Crippen LogP contribution in [0.25, 0.3) is 17.0 Å². The first-order valence-electron chi connectivity index (χ1n) is 10.6. The number of hydrogen-bond donors (Lipinski definition) is 1. The summed E-state index contributed by atoms with van der Waals surface area (Å²) in [7, 11) is 0. The van der Waals surface area contributed by atoms with Crippen LogP contribution < -0.4 is 5.73 Å². The van der Waals surface area contributed by atoms with Crippen molar-refractivity contribution in [1.29, 1.82) is 0 Å². The highest BCUT2D eigenvalue weighted by molar-refractivity contribution is 5.82. The van der Waals surface area contributed by atoms with Gasteiger partial charge in [-0.1, -0.05) is 31.4 Å². The van der Waals surface area contributed by atoms with E-state index in [0.29, 0.717) is 23.7 Å². The third-order valence-corrected chi connectivity index (χ3v) is 7.30. The Balaban J connectivity index is 1.47. The molecule has 3 aliphatic rings. The summed E-state index contributed by atoms with van der Waals surface area (Å²) in [6.07, 6.45) is 10.7. The molecule has 4 heteroatoms. The summed E-state index contributed by atoms with van der Waals surface area (Å²) >= 11 is 0. The van der Waals surface area contributed by atoms with E-state index >= 15 is 0 Å². The number of pyridine rings is 1. The fourth-order valence-corrected chi connectivity index (χ4v) is 6.05. The Bertz CT molecular complexity index is 937. The molecule has 1 aromatic carbocycles. The number of carbonyl (C=O) groups is 1. The molecular formula is C24H28N2O2. The van der Waals surface area contributed by atoms with Gasteiger partial charge in [0.2, 0.25) is 0 Å². The van der Waals surface area contributed by atoms with Crippen molar-refractivity contribution in [2.24, 2.45) is 29.6 Å². The topological polar surface area (TPSA) is 65.2 Å². The summed E-state index contributed by atoms with van der Waals surface area (Å²) in [5.41, 5.74) is 8.55. The lowest BCUT2D eigenvalue weighted by Gasteiger charge is -2.45. The van der Waals surface area contributed by atoms with Crippen molar-refractivity contribution >= 4 is 28.6 Å². The van der Waals surface area contributed by atoms with Crippen molar-refractivity contribution in [3.05, 3.63) is 42.1 Å². The van der Waals surface area contributed by atoms with E-state index in [4.69, 9.17) is 15.5 Å². The Morgan fingerprint density at radius 3 is 2.93 bits per heavy atom. The van der Waals surface area contributed by atoms with Gasteiger partial charge < -0.3 is 10.5 Å². The molecular weight excluding hydrogens is 348 g/mol. The first-order valence-corrected chi connectivity index (χ1v) is 10.6. The second kappa shape index (κ2) is 6.91. The van der Waals surface area contributed by atoms with Crippen LogP contribution in [0.1, 0.15) is 44.7 Å². The zero-order valence-corrected chi connectivity index (χ0v) is 16.4. The number of carbonyl (C=O) groups excluding carboxylic acids is 1. The molecule has 28 heavy (non-hydrogen) atoms. The lowest BCUT2D eigenvalue weighted by Crippen LogP contribution is -2.42. The summed E-state index contributed by atoms with van der Waals surface area (Å²) in [5.74, 6) is 2.15. The van der Waals surface area contributed by atoms with Gasteiger partial charge in [-0.2, -0.15) is 0 Å². The van der Waals surface area contributed by atoms with Gasteiger partial charge in [-0.15, -0.1) is 0 Å². The molecule has 5 rings (SSSR count). The molecule has 1 aromatic heterocycles. The second-order valence-electron chi connectivity index (χ2n) is 8.89. The first-order chi connectivity index (χ1) is 13.6. The van der Waals surface area contributed by atoms with Crippen LogP contribution in [-0.2, 0) is 9.53 Å². The van der Waals surface area contributed by atoms with Crippen LogP contribution in [-0.4, -0.2) is 17.1 Å². The fourth-order valence-electron chi connectivity index (χ4n) is 6.05. The summed E-state index contributed by atoms with van der Waals surface area (Å²) in [6.45, 7) is 2.07. The number of hydrogen-bond acceptors (Lipinski definition) is 4. The zero-order chi connectivity index (χ0) is 19.3. The highest BCUT2D eigenvalue weighted by Gasteiger charge is 2.53. The maximum absolute atomic E-state index is 12.4. The predicted molar refractivity (Wildman–Crippen MR) is 111 cm³/mol. The minimum Gasteiger partial charge on any atom is -0.462 e. The lowest BCUT2D eigenvalue weighted by molar-refractivity contribution is -0.144. The van der Waals surface area contributed by atoms with Crippen molar-refractivity contribution in [2.75, 3.05) is 5.73 Å². The van der Waals surface area contributed by atoms with E-state index in [1.165, 1.54) is 25.7 Å². The first kappa shape index (κ1) is 17.7. The van der Waals surface area contributed by atoms with Crippen LogP contribution >= 0.6 is 0 Å². The predicted octanol–water partition coefficient (Wildman–Crippen LogP) is 4.83. The number of benzene rings is 1. The summed E-state index contributed by atoms with van der Waals surface area (Å²) in [6, 6.07) is 9.95. The number of fused-ring (bicyclic) bond motifs is 3. The molecule has 2 aromatic rings. The van der Waals surface area contributed by atoms with Gasteiger partial charge >= 0.3 is 5.97 Å². The number of nitrogen functional groups attached to an aromatic ring is 1. The van der Waals surface area contributed by atoms with E-state index in [2.05, 4.69) is 31.2 Å². The number of nitrogens with two attached hydrogens (primary N) is 1. The van der Waals surface area contributed by atoms with Gasteiger partial charge in [0.15, 0.2) is 0 Å². The van der Waals surface area contributed by atoms with Gasteiger partial charge in [0.1, 0.15) is 6.10 Å². The number of rotatable bonds is 2. The quantitative estimate of drug-likeness (QED) is 0.602. The lowest BCUT2D eigenvalue weighted by atomic mass is 9.57. The summed E-state index contributed by atoms with van der Waals surface area (Å²) < 4.78 is 5.67. The van der Waals surface area contributed by atoms with E-state index in [9.17, 15) is 4.79 Å².